The zero-order valence-electron chi connectivity index (χ0n) is 9.51. The summed E-state index contributed by atoms with van der Waals surface area (Å²) in [4.78, 5) is 0. The van der Waals surface area contributed by atoms with Crippen LogP contribution >= 0.6 is 0 Å². The largest absolute Gasteiger partial charge is 0.390 e. The van der Waals surface area contributed by atoms with Crippen molar-refractivity contribution in [2.24, 2.45) is 17.8 Å². The number of hydrogen-bond acceptors (Lipinski definition) is 1. The monoisotopic (exact) mass is 214 g/mol. The Morgan fingerprint density at radius 3 is 2.07 bits per heavy atom. The van der Waals surface area contributed by atoms with Gasteiger partial charge < -0.3 is 5.11 Å². The van der Waals surface area contributed by atoms with Crippen LogP contribution in [0.5, 0.6) is 0 Å². The fourth-order valence-electron chi connectivity index (χ4n) is 2.56. The van der Waals surface area contributed by atoms with Gasteiger partial charge in [-0.1, -0.05) is 27.7 Å². The van der Waals surface area contributed by atoms with E-state index in [0.717, 1.165) is 18.8 Å². The van der Waals surface area contributed by atoms with Crippen LogP contribution in [0.15, 0.2) is 0 Å². The maximum Gasteiger partial charge on any atom is 0.187 e. The van der Waals surface area contributed by atoms with Crippen molar-refractivity contribution >= 4 is 17.4 Å². The number of aliphatic hydroxyl groups is 1. The Hall–Kier alpha value is 0.492. The molecule has 2 atom stereocenters. The van der Waals surface area contributed by atoms with Crippen LogP contribution in [0.4, 0.5) is 0 Å². The van der Waals surface area contributed by atoms with Crippen LogP contribution in [-0.2, 0) is 0 Å². The van der Waals surface area contributed by atoms with Gasteiger partial charge in [-0.3, -0.25) is 0 Å². The molecule has 1 N–H and O–H groups in total. The van der Waals surface area contributed by atoms with Crippen molar-refractivity contribution in [2.75, 3.05) is 0 Å². The summed E-state index contributed by atoms with van der Waals surface area (Å²) in [5, 5.41) is 10.3. The van der Waals surface area contributed by atoms with Crippen LogP contribution in [0.3, 0.4) is 0 Å². The van der Waals surface area contributed by atoms with Gasteiger partial charge in [-0.05, 0) is 43.4 Å². The minimum Gasteiger partial charge on any atom is -0.390 e. The second-order valence-corrected chi connectivity index (χ2v) is 5.57. The second kappa shape index (κ2) is 5.54. The SMILES string of the molecule is CC(C)CC1CCC1(O)CC(C)C.[AlH3]. The molecule has 0 aromatic rings. The summed E-state index contributed by atoms with van der Waals surface area (Å²) in [6.45, 7) is 8.88. The van der Waals surface area contributed by atoms with Gasteiger partial charge in [0.1, 0.15) is 0 Å². The predicted molar refractivity (Wildman–Crippen MR) is 66.5 cm³/mol. The van der Waals surface area contributed by atoms with Crippen LogP contribution in [0.2, 0.25) is 0 Å². The fraction of sp³-hybridized carbons (Fsp3) is 1.00. The molecule has 1 aliphatic rings. The Morgan fingerprint density at radius 2 is 1.79 bits per heavy atom. The molecular weight excluding hydrogens is 187 g/mol. The highest BCUT2D eigenvalue weighted by Crippen LogP contribution is 2.45. The van der Waals surface area contributed by atoms with Crippen molar-refractivity contribution in [2.45, 2.75) is 59.0 Å². The Morgan fingerprint density at radius 1 is 1.21 bits per heavy atom. The lowest BCUT2D eigenvalue weighted by atomic mass is 9.63. The molecule has 1 aliphatic carbocycles. The first kappa shape index (κ1) is 14.5. The lowest BCUT2D eigenvalue weighted by Gasteiger charge is -2.47. The molecule has 14 heavy (non-hydrogen) atoms. The Balaban J connectivity index is 0.00000169. The molecule has 0 amide bonds. The highest BCUT2D eigenvalue weighted by Gasteiger charge is 2.44. The lowest BCUT2D eigenvalue weighted by molar-refractivity contribution is -0.114. The standard InChI is InChI=1S/C12H24O.Al.3H/c1-9(2)7-11-5-6-12(11,13)8-10(3)4;;;;/h9-11,13H,5-8H2,1-4H3;;;;. The summed E-state index contributed by atoms with van der Waals surface area (Å²) in [5.74, 6) is 1.93. The molecule has 1 saturated carbocycles. The van der Waals surface area contributed by atoms with Gasteiger partial charge in [0.25, 0.3) is 0 Å². The van der Waals surface area contributed by atoms with E-state index < -0.39 is 0 Å². The van der Waals surface area contributed by atoms with Crippen LogP contribution in [0.1, 0.15) is 53.4 Å². The predicted octanol–water partition coefficient (Wildman–Crippen LogP) is 2.04. The van der Waals surface area contributed by atoms with Crippen molar-refractivity contribution < 1.29 is 5.11 Å². The van der Waals surface area contributed by atoms with Gasteiger partial charge in [-0.2, -0.15) is 0 Å². The van der Waals surface area contributed by atoms with Gasteiger partial charge in [-0.25, -0.2) is 0 Å². The topological polar surface area (TPSA) is 20.2 Å². The lowest BCUT2D eigenvalue weighted by Crippen LogP contribution is -2.48. The van der Waals surface area contributed by atoms with Crippen LogP contribution < -0.4 is 0 Å². The molecule has 1 fully saturated rings. The zero-order chi connectivity index (χ0) is 10.1. The molecule has 0 bridgehead atoms. The van der Waals surface area contributed by atoms with Gasteiger partial charge >= 0.3 is 0 Å². The van der Waals surface area contributed by atoms with Gasteiger partial charge in [0.2, 0.25) is 0 Å². The maximum atomic E-state index is 10.3. The average molecular weight is 214 g/mol. The fourth-order valence-corrected chi connectivity index (χ4v) is 2.56. The second-order valence-electron chi connectivity index (χ2n) is 5.57. The molecule has 0 aromatic carbocycles. The van der Waals surface area contributed by atoms with E-state index in [0.29, 0.717) is 11.8 Å². The number of rotatable bonds is 4. The van der Waals surface area contributed by atoms with E-state index in [2.05, 4.69) is 27.7 Å². The molecule has 0 saturated heterocycles. The summed E-state index contributed by atoms with van der Waals surface area (Å²) in [7, 11) is 0. The van der Waals surface area contributed by atoms with Gasteiger partial charge in [0.05, 0.1) is 5.60 Å². The smallest absolute Gasteiger partial charge is 0.187 e. The molecule has 0 radical (unpaired) electrons. The third kappa shape index (κ3) is 3.57. The van der Waals surface area contributed by atoms with Crippen LogP contribution in [-0.4, -0.2) is 28.1 Å². The minimum atomic E-state index is -0.307. The molecule has 84 valence electrons. The van der Waals surface area contributed by atoms with E-state index in [-0.39, 0.29) is 23.0 Å². The third-order valence-electron chi connectivity index (χ3n) is 3.20. The molecule has 0 aliphatic heterocycles. The van der Waals surface area contributed by atoms with E-state index in [1.807, 2.05) is 0 Å². The van der Waals surface area contributed by atoms with E-state index in [4.69, 9.17) is 0 Å². The third-order valence-corrected chi connectivity index (χ3v) is 3.20. The molecule has 0 heterocycles. The number of hydrogen-bond donors (Lipinski definition) is 1. The highest BCUT2D eigenvalue weighted by atomic mass is 27.0. The Labute approximate surface area is 99.4 Å². The normalized spacial score (nSPS) is 31.5. The summed E-state index contributed by atoms with van der Waals surface area (Å²) in [6.07, 6.45) is 4.46. The highest BCUT2D eigenvalue weighted by molar-refractivity contribution is 5.75. The Bertz CT molecular complexity index is 168. The molecule has 0 spiro atoms. The minimum absolute atomic E-state index is 0. The molecule has 2 unspecified atom stereocenters. The quantitative estimate of drug-likeness (QED) is 0.710. The molecule has 1 nitrogen and oxygen atoms in total. The molecule has 2 heteroatoms. The average Bonchev–Trinajstić information content (AvgIpc) is 1.97. The summed E-state index contributed by atoms with van der Waals surface area (Å²) < 4.78 is 0. The molecular formula is C12H27AlO. The zero-order valence-corrected chi connectivity index (χ0v) is 9.51. The van der Waals surface area contributed by atoms with Crippen molar-refractivity contribution in [3.8, 4) is 0 Å². The summed E-state index contributed by atoms with van der Waals surface area (Å²) in [6, 6.07) is 0. The van der Waals surface area contributed by atoms with E-state index in [1.165, 1.54) is 12.8 Å². The van der Waals surface area contributed by atoms with Crippen molar-refractivity contribution in [3.63, 3.8) is 0 Å². The van der Waals surface area contributed by atoms with Crippen molar-refractivity contribution in [1.82, 2.24) is 0 Å². The van der Waals surface area contributed by atoms with E-state index in [9.17, 15) is 5.11 Å². The van der Waals surface area contributed by atoms with Crippen molar-refractivity contribution in [1.29, 1.82) is 0 Å². The first-order valence-electron chi connectivity index (χ1n) is 5.66. The van der Waals surface area contributed by atoms with Gasteiger partial charge in [0, 0.05) is 0 Å². The van der Waals surface area contributed by atoms with Crippen LogP contribution in [0.25, 0.3) is 0 Å². The summed E-state index contributed by atoms with van der Waals surface area (Å²) in [5.41, 5.74) is -0.307. The van der Waals surface area contributed by atoms with E-state index >= 15 is 0 Å². The Kier molecular flexibility index (Phi) is 5.74. The van der Waals surface area contributed by atoms with Gasteiger partial charge in [-0.15, -0.1) is 0 Å². The summed E-state index contributed by atoms with van der Waals surface area (Å²) >= 11 is 0. The van der Waals surface area contributed by atoms with E-state index in [1.54, 1.807) is 0 Å². The maximum absolute atomic E-state index is 10.3. The first-order valence-corrected chi connectivity index (χ1v) is 5.66. The molecule has 1 rings (SSSR count). The molecule has 0 aromatic heterocycles. The first-order chi connectivity index (χ1) is 5.94. The van der Waals surface area contributed by atoms with Gasteiger partial charge in [0.15, 0.2) is 17.4 Å². The van der Waals surface area contributed by atoms with Crippen LogP contribution in [0, 0.1) is 17.8 Å². The van der Waals surface area contributed by atoms with Crippen molar-refractivity contribution in [3.05, 3.63) is 0 Å².